The van der Waals surface area contributed by atoms with Gasteiger partial charge in [-0.05, 0) is 53.8 Å². The van der Waals surface area contributed by atoms with Crippen molar-refractivity contribution in [2.45, 2.75) is 32.6 Å². The molecule has 0 unspecified atom stereocenters. The van der Waals surface area contributed by atoms with Crippen molar-refractivity contribution >= 4 is 17.4 Å². The Hall–Kier alpha value is -2.69. The molecule has 5 heteroatoms. The van der Waals surface area contributed by atoms with Crippen molar-refractivity contribution < 1.29 is 9.53 Å². The van der Waals surface area contributed by atoms with Crippen LogP contribution in [0.15, 0.2) is 48.5 Å². The first-order valence-corrected chi connectivity index (χ1v) is 8.48. The minimum Gasteiger partial charge on any atom is -0.494 e. The zero-order valence-corrected chi connectivity index (χ0v) is 15.1. The van der Waals surface area contributed by atoms with Gasteiger partial charge in [0.1, 0.15) is 5.75 Å². The van der Waals surface area contributed by atoms with Crippen molar-refractivity contribution in [1.82, 2.24) is 5.32 Å². The summed E-state index contributed by atoms with van der Waals surface area (Å²) in [7, 11) is 0. The number of benzene rings is 2. The fourth-order valence-corrected chi connectivity index (χ4v) is 2.26. The standard InChI is InChI=1S/C20H27N3O2/c1-20(2,3)15-5-11-18(12-6-15)25-14-4-13-22-19(24)23-17-9-7-16(21)8-10-17/h5-12H,4,13-14,21H2,1-3H3,(H2,22,23,24). The smallest absolute Gasteiger partial charge is 0.319 e. The third-order valence-corrected chi connectivity index (χ3v) is 3.76. The first-order valence-electron chi connectivity index (χ1n) is 8.48. The van der Waals surface area contributed by atoms with E-state index in [-0.39, 0.29) is 11.4 Å². The molecule has 134 valence electrons. The number of carbonyl (C=O) groups excluding carboxylic acids is 1. The Morgan fingerprint density at radius 3 is 2.28 bits per heavy atom. The van der Waals surface area contributed by atoms with Crippen LogP contribution in [0.25, 0.3) is 0 Å². The molecule has 0 fully saturated rings. The molecule has 0 bridgehead atoms. The zero-order valence-electron chi connectivity index (χ0n) is 15.1. The first-order chi connectivity index (χ1) is 11.8. The maximum Gasteiger partial charge on any atom is 0.319 e. The van der Waals surface area contributed by atoms with Gasteiger partial charge < -0.3 is 21.1 Å². The van der Waals surface area contributed by atoms with Crippen LogP contribution in [-0.4, -0.2) is 19.2 Å². The van der Waals surface area contributed by atoms with Crippen LogP contribution in [0.5, 0.6) is 5.75 Å². The molecule has 4 N–H and O–H groups in total. The molecular weight excluding hydrogens is 314 g/mol. The average molecular weight is 341 g/mol. The maximum absolute atomic E-state index is 11.8. The second-order valence-electron chi connectivity index (χ2n) is 6.98. The Morgan fingerprint density at radius 1 is 1.04 bits per heavy atom. The van der Waals surface area contributed by atoms with Gasteiger partial charge in [-0.1, -0.05) is 32.9 Å². The SMILES string of the molecule is CC(C)(C)c1ccc(OCCCNC(=O)Nc2ccc(N)cc2)cc1. The van der Waals surface area contributed by atoms with E-state index in [2.05, 4.69) is 43.5 Å². The third-order valence-electron chi connectivity index (χ3n) is 3.76. The predicted octanol–water partition coefficient (Wildman–Crippen LogP) is 4.16. The Labute approximate surface area is 149 Å². The molecule has 0 atom stereocenters. The van der Waals surface area contributed by atoms with E-state index in [1.165, 1.54) is 5.56 Å². The number of hydrogen-bond donors (Lipinski definition) is 3. The molecule has 5 nitrogen and oxygen atoms in total. The van der Waals surface area contributed by atoms with Crippen LogP contribution >= 0.6 is 0 Å². The lowest BCUT2D eigenvalue weighted by Crippen LogP contribution is -2.30. The molecule has 0 aliphatic rings. The van der Waals surface area contributed by atoms with E-state index < -0.39 is 0 Å². The number of nitrogens with one attached hydrogen (secondary N) is 2. The number of urea groups is 1. The summed E-state index contributed by atoms with van der Waals surface area (Å²) >= 11 is 0. The fraction of sp³-hybridized carbons (Fsp3) is 0.350. The van der Waals surface area contributed by atoms with E-state index in [1.54, 1.807) is 24.3 Å². The molecule has 0 spiro atoms. The average Bonchev–Trinajstić information content (AvgIpc) is 2.56. The second kappa shape index (κ2) is 8.42. The number of ether oxygens (including phenoxy) is 1. The minimum atomic E-state index is -0.237. The van der Waals surface area contributed by atoms with Crippen LogP contribution in [0.1, 0.15) is 32.8 Å². The highest BCUT2D eigenvalue weighted by Gasteiger charge is 2.12. The van der Waals surface area contributed by atoms with E-state index in [4.69, 9.17) is 10.5 Å². The Balaban J connectivity index is 1.64. The topological polar surface area (TPSA) is 76.4 Å². The summed E-state index contributed by atoms with van der Waals surface area (Å²) in [6.07, 6.45) is 0.732. The molecule has 0 heterocycles. The van der Waals surface area contributed by atoms with Crippen molar-refractivity contribution in [2.75, 3.05) is 24.2 Å². The third kappa shape index (κ3) is 6.37. The molecule has 2 aromatic carbocycles. The highest BCUT2D eigenvalue weighted by molar-refractivity contribution is 5.89. The molecule has 0 aromatic heterocycles. The number of amides is 2. The van der Waals surface area contributed by atoms with Gasteiger partial charge in [0, 0.05) is 17.9 Å². The van der Waals surface area contributed by atoms with Gasteiger partial charge in [-0.25, -0.2) is 4.79 Å². The van der Waals surface area contributed by atoms with Gasteiger partial charge in [0.05, 0.1) is 6.61 Å². The summed E-state index contributed by atoms with van der Waals surface area (Å²) in [4.78, 5) is 11.8. The monoisotopic (exact) mass is 341 g/mol. The largest absolute Gasteiger partial charge is 0.494 e. The summed E-state index contributed by atoms with van der Waals surface area (Å²) < 4.78 is 5.70. The molecule has 0 radical (unpaired) electrons. The number of carbonyl (C=O) groups is 1. The van der Waals surface area contributed by atoms with Crippen LogP contribution in [0, 0.1) is 0 Å². The summed E-state index contributed by atoms with van der Waals surface area (Å²) in [6, 6.07) is 14.9. The molecule has 2 amide bonds. The molecule has 0 saturated heterocycles. The van der Waals surface area contributed by atoms with Crippen LogP contribution in [0.2, 0.25) is 0 Å². The number of nitrogen functional groups attached to an aromatic ring is 1. The fourth-order valence-electron chi connectivity index (χ4n) is 2.26. The van der Waals surface area contributed by atoms with Gasteiger partial charge >= 0.3 is 6.03 Å². The van der Waals surface area contributed by atoms with Gasteiger partial charge in [0.2, 0.25) is 0 Å². The number of hydrogen-bond acceptors (Lipinski definition) is 3. The first kappa shape index (κ1) is 18.6. The lowest BCUT2D eigenvalue weighted by Gasteiger charge is -2.19. The van der Waals surface area contributed by atoms with E-state index >= 15 is 0 Å². The zero-order chi connectivity index (χ0) is 18.3. The van der Waals surface area contributed by atoms with Gasteiger partial charge in [-0.2, -0.15) is 0 Å². The summed E-state index contributed by atoms with van der Waals surface area (Å²) in [5, 5.41) is 5.55. The van der Waals surface area contributed by atoms with Crippen molar-refractivity contribution in [3.05, 3.63) is 54.1 Å². The summed E-state index contributed by atoms with van der Waals surface area (Å²) in [5.41, 5.74) is 8.40. The van der Waals surface area contributed by atoms with Crippen molar-refractivity contribution in [3.8, 4) is 5.75 Å². The lowest BCUT2D eigenvalue weighted by molar-refractivity contribution is 0.250. The van der Waals surface area contributed by atoms with E-state index in [0.29, 0.717) is 24.5 Å². The van der Waals surface area contributed by atoms with Gasteiger partial charge in [-0.15, -0.1) is 0 Å². The van der Waals surface area contributed by atoms with E-state index in [0.717, 1.165) is 12.2 Å². The van der Waals surface area contributed by atoms with Gasteiger partial charge in [0.15, 0.2) is 0 Å². The van der Waals surface area contributed by atoms with Crippen LogP contribution < -0.4 is 21.1 Å². The molecule has 0 aliphatic carbocycles. The molecule has 0 aliphatic heterocycles. The van der Waals surface area contributed by atoms with Gasteiger partial charge in [-0.3, -0.25) is 0 Å². The van der Waals surface area contributed by atoms with Crippen LogP contribution in [0.4, 0.5) is 16.2 Å². The molecule has 0 saturated carbocycles. The van der Waals surface area contributed by atoms with E-state index in [1.807, 2.05) is 12.1 Å². The Morgan fingerprint density at radius 2 is 1.68 bits per heavy atom. The molecular formula is C20H27N3O2. The highest BCUT2D eigenvalue weighted by atomic mass is 16.5. The van der Waals surface area contributed by atoms with Crippen LogP contribution in [0.3, 0.4) is 0 Å². The van der Waals surface area contributed by atoms with Gasteiger partial charge in [0.25, 0.3) is 0 Å². The summed E-state index contributed by atoms with van der Waals surface area (Å²) in [6.45, 7) is 7.65. The maximum atomic E-state index is 11.8. The summed E-state index contributed by atoms with van der Waals surface area (Å²) in [5.74, 6) is 0.847. The molecule has 25 heavy (non-hydrogen) atoms. The van der Waals surface area contributed by atoms with E-state index in [9.17, 15) is 4.79 Å². The minimum absolute atomic E-state index is 0.139. The highest BCUT2D eigenvalue weighted by Crippen LogP contribution is 2.24. The van der Waals surface area contributed by atoms with Crippen molar-refractivity contribution in [2.24, 2.45) is 0 Å². The van der Waals surface area contributed by atoms with Crippen molar-refractivity contribution in [3.63, 3.8) is 0 Å². The Bertz CT molecular complexity index is 674. The normalized spacial score (nSPS) is 11.0. The van der Waals surface area contributed by atoms with Crippen molar-refractivity contribution in [1.29, 1.82) is 0 Å². The van der Waals surface area contributed by atoms with Crippen LogP contribution in [-0.2, 0) is 5.41 Å². The number of rotatable bonds is 6. The molecule has 2 rings (SSSR count). The number of anilines is 2. The lowest BCUT2D eigenvalue weighted by atomic mass is 9.87. The second-order valence-corrected chi connectivity index (χ2v) is 6.98. The number of nitrogens with two attached hydrogens (primary N) is 1. The quantitative estimate of drug-likeness (QED) is 0.545. The predicted molar refractivity (Wildman–Crippen MR) is 103 cm³/mol. The Kier molecular flexibility index (Phi) is 6.28. The molecule has 2 aromatic rings.